The van der Waals surface area contributed by atoms with E-state index in [2.05, 4.69) is 5.16 Å². The molecule has 3 heterocycles. The Bertz CT molecular complexity index is 1370. The van der Waals surface area contributed by atoms with E-state index in [1.54, 1.807) is 23.2 Å². The molecule has 160 valence electrons. The van der Waals surface area contributed by atoms with Crippen LogP contribution in [-0.4, -0.2) is 35.1 Å². The van der Waals surface area contributed by atoms with Crippen LogP contribution < -0.4 is 5.73 Å². The molecule has 2 aromatic heterocycles. The summed E-state index contributed by atoms with van der Waals surface area (Å²) in [6.45, 7) is 1.20. The molecule has 1 fully saturated rings. The van der Waals surface area contributed by atoms with Gasteiger partial charge in [0.2, 0.25) is 0 Å². The Kier molecular flexibility index (Phi) is 5.21. The molecule has 4 aromatic rings. The van der Waals surface area contributed by atoms with Gasteiger partial charge in [-0.05, 0) is 60.4 Å². The Morgan fingerprint density at radius 3 is 2.88 bits per heavy atom. The number of fused-ring (bicyclic) bond motifs is 1. The minimum absolute atomic E-state index is 0.0183. The van der Waals surface area contributed by atoms with Crippen LogP contribution in [0, 0.1) is 17.1 Å². The molecule has 5 rings (SSSR count). The van der Waals surface area contributed by atoms with Gasteiger partial charge in [-0.1, -0.05) is 11.2 Å². The first-order valence-corrected chi connectivity index (χ1v) is 11.1. The predicted molar refractivity (Wildman–Crippen MR) is 121 cm³/mol. The summed E-state index contributed by atoms with van der Waals surface area (Å²) in [6, 6.07) is 13.8. The number of aromatic nitrogens is 1. The Hall–Kier alpha value is -3.54. The van der Waals surface area contributed by atoms with Crippen molar-refractivity contribution < 1.29 is 13.7 Å². The largest absolute Gasteiger partial charge is 0.356 e. The summed E-state index contributed by atoms with van der Waals surface area (Å²) in [5.74, 6) is -0.663. The van der Waals surface area contributed by atoms with E-state index in [0.717, 1.165) is 34.2 Å². The summed E-state index contributed by atoms with van der Waals surface area (Å²) in [5, 5.41) is 13.7. The summed E-state index contributed by atoms with van der Waals surface area (Å²) in [7, 11) is 0. The molecule has 0 aliphatic carbocycles. The molecule has 1 aliphatic rings. The number of piperidine rings is 1. The Morgan fingerprint density at radius 1 is 1.25 bits per heavy atom. The van der Waals surface area contributed by atoms with Gasteiger partial charge >= 0.3 is 0 Å². The van der Waals surface area contributed by atoms with Gasteiger partial charge in [-0.15, -0.1) is 11.3 Å². The van der Waals surface area contributed by atoms with Crippen LogP contribution in [0.4, 0.5) is 4.39 Å². The number of hydrogen-bond donors (Lipinski definition) is 1. The van der Waals surface area contributed by atoms with E-state index in [1.807, 2.05) is 24.3 Å². The molecule has 6 nitrogen and oxygen atoms in total. The first-order valence-electron chi connectivity index (χ1n) is 10.3. The molecule has 0 spiro atoms. The average molecular weight is 447 g/mol. The van der Waals surface area contributed by atoms with Gasteiger partial charge in [0.1, 0.15) is 11.9 Å². The normalized spacial score (nSPS) is 16.3. The molecule has 2 N–H and O–H groups in total. The van der Waals surface area contributed by atoms with Gasteiger partial charge in [-0.25, -0.2) is 4.39 Å². The molecule has 2 aromatic carbocycles. The minimum atomic E-state index is -0.591. The van der Waals surface area contributed by atoms with Crippen LogP contribution in [0.3, 0.4) is 0 Å². The van der Waals surface area contributed by atoms with E-state index in [9.17, 15) is 9.18 Å². The van der Waals surface area contributed by atoms with Crippen molar-refractivity contribution in [3.63, 3.8) is 0 Å². The lowest BCUT2D eigenvalue weighted by atomic mass is 10.00. The summed E-state index contributed by atoms with van der Waals surface area (Å²) >= 11 is 1.37. The third-order valence-corrected chi connectivity index (χ3v) is 6.88. The maximum atomic E-state index is 14.4. The van der Waals surface area contributed by atoms with Crippen molar-refractivity contribution >= 4 is 28.2 Å². The van der Waals surface area contributed by atoms with E-state index in [0.29, 0.717) is 29.1 Å². The van der Waals surface area contributed by atoms with Gasteiger partial charge < -0.3 is 15.2 Å². The lowest BCUT2D eigenvalue weighted by Gasteiger charge is -2.30. The molecule has 1 saturated heterocycles. The molecule has 0 saturated carbocycles. The fraction of sp³-hybridized carbons (Fsp3) is 0.208. The maximum absolute atomic E-state index is 14.4. The van der Waals surface area contributed by atoms with E-state index in [1.165, 1.54) is 23.5 Å². The summed E-state index contributed by atoms with van der Waals surface area (Å²) in [4.78, 5) is 16.4. The zero-order valence-corrected chi connectivity index (χ0v) is 17.9. The average Bonchev–Trinajstić information content (AvgIpc) is 3.45. The summed E-state index contributed by atoms with van der Waals surface area (Å²) in [5.41, 5.74) is 8.93. The van der Waals surface area contributed by atoms with Crippen molar-refractivity contribution in [2.75, 3.05) is 13.1 Å². The minimum Gasteiger partial charge on any atom is -0.356 e. The van der Waals surface area contributed by atoms with Gasteiger partial charge in [0.25, 0.3) is 5.91 Å². The third kappa shape index (κ3) is 3.66. The zero-order valence-electron chi connectivity index (χ0n) is 17.0. The monoisotopic (exact) mass is 446 g/mol. The molecular weight excluding hydrogens is 427 g/mol. The SMILES string of the molecule is N#Cc1ccc(-c2cc(C(=O)N3CCCC(N)C3)sc2-c2ccc3oncc3c2)cc1F. The van der Waals surface area contributed by atoms with Crippen molar-refractivity contribution in [3.8, 4) is 27.6 Å². The number of amides is 1. The van der Waals surface area contributed by atoms with E-state index in [4.69, 9.17) is 15.5 Å². The fourth-order valence-electron chi connectivity index (χ4n) is 4.06. The number of nitrogens with two attached hydrogens (primary N) is 1. The van der Waals surface area contributed by atoms with Crippen LogP contribution in [0.25, 0.3) is 32.5 Å². The van der Waals surface area contributed by atoms with E-state index in [-0.39, 0.29) is 17.5 Å². The fourth-order valence-corrected chi connectivity index (χ4v) is 5.21. The van der Waals surface area contributed by atoms with Crippen molar-refractivity contribution in [3.05, 3.63) is 64.9 Å². The van der Waals surface area contributed by atoms with Crippen molar-refractivity contribution in [1.29, 1.82) is 5.26 Å². The molecular formula is C24H19FN4O2S. The van der Waals surface area contributed by atoms with Crippen LogP contribution in [-0.2, 0) is 0 Å². The third-order valence-electron chi connectivity index (χ3n) is 5.70. The smallest absolute Gasteiger partial charge is 0.264 e. The maximum Gasteiger partial charge on any atom is 0.264 e. The second-order valence-electron chi connectivity index (χ2n) is 7.89. The first-order chi connectivity index (χ1) is 15.5. The standard InChI is InChI=1S/C24H19FN4O2S/c25-20-9-14(3-4-16(20)11-26)19-10-22(24(30)29-7-1-2-18(27)13-29)32-23(19)15-5-6-21-17(8-15)12-28-31-21/h3-6,8-10,12,18H,1-2,7,13,27H2. The topological polar surface area (TPSA) is 96.2 Å². The van der Waals surface area contributed by atoms with Gasteiger partial charge in [0.05, 0.1) is 16.6 Å². The number of benzene rings is 2. The molecule has 1 amide bonds. The predicted octanol–water partition coefficient (Wildman–Crippen LogP) is 4.80. The number of nitrogens with zero attached hydrogens (tertiary/aromatic N) is 3. The van der Waals surface area contributed by atoms with E-state index < -0.39 is 5.82 Å². The van der Waals surface area contributed by atoms with Gasteiger partial charge in [-0.3, -0.25) is 4.79 Å². The number of carbonyl (C=O) groups excluding carboxylic acids is 1. The van der Waals surface area contributed by atoms with Crippen molar-refractivity contribution in [2.45, 2.75) is 18.9 Å². The van der Waals surface area contributed by atoms with Gasteiger partial charge in [0.15, 0.2) is 5.58 Å². The number of carbonyl (C=O) groups is 1. The quantitative estimate of drug-likeness (QED) is 0.488. The Balaban J connectivity index is 1.62. The Morgan fingerprint density at radius 2 is 2.09 bits per heavy atom. The number of thiophene rings is 1. The zero-order chi connectivity index (χ0) is 22.2. The van der Waals surface area contributed by atoms with Gasteiger partial charge in [-0.2, -0.15) is 5.26 Å². The first kappa shape index (κ1) is 20.4. The highest BCUT2D eigenvalue weighted by molar-refractivity contribution is 7.18. The lowest BCUT2D eigenvalue weighted by molar-refractivity contribution is 0.0714. The molecule has 0 bridgehead atoms. The number of hydrogen-bond acceptors (Lipinski definition) is 6. The summed E-state index contributed by atoms with van der Waals surface area (Å²) in [6.07, 6.45) is 3.42. The molecule has 0 radical (unpaired) electrons. The summed E-state index contributed by atoms with van der Waals surface area (Å²) < 4.78 is 19.6. The second kappa shape index (κ2) is 8.19. The highest BCUT2D eigenvalue weighted by atomic mass is 32.1. The highest BCUT2D eigenvalue weighted by Gasteiger charge is 2.26. The van der Waals surface area contributed by atoms with Crippen molar-refractivity contribution in [2.24, 2.45) is 5.73 Å². The number of halogens is 1. The second-order valence-corrected chi connectivity index (χ2v) is 8.94. The van der Waals surface area contributed by atoms with Gasteiger partial charge in [0, 0.05) is 35.0 Å². The molecule has 1 unspecified atom stereocenters. The number of nitriles is 1. The van der Waals surface area contributed by atoms with Crippen LogP contribution in [0.15, 0.2) is 53.2 Å². The number of likely N-dealkylation sites (tertiary alicyclic amines) is 1. The lowest BCUT2D eigenvalue weighted by Crippen LogP contribution is -2.45. The Labute approximate surface area is 187 Å². The van der Waals surface area contributed by atoms with Crippen LogP contribution in [0.5, 0.6) is 0 Å². The van der Waals surface area contributed by atoms with Crippen LogP contribution in [0.2, 0.25) is 0 Å². The molecule has 8 heteroatoms. The number of rotatable bonds is 3. The molecule has 32 heavy (non-hydrogen) atoms. The highest BCUT2D eigenvalue weighted by Crippen LogP contribution is 2.41. The molecule has 1 aliphatic heterocycles. The van der Waals surface area contributed by atoms with E-state index >= 15 is 0 Å². The van der Waals surface area contributed by atoms with Crippen molar-refractivity contribution in [1.82, 2.24) is 10.1 Å². The van der Waals surface area contributed by atoms with Crippen LogP contribution in [0.1, 0.15) is 28.1 Å². The molecule has 1 atom stereocenters. The van der Waals surface area contributed by atoms with Crippen LogP contribution >= 0.6 is 11.3 Å².